The number of hydrogen-bond donors (Lipinski definition) is 0. The molecule has 5 aliphatic rings. The molecule has 3 heterocycles. The maximum absolute atomic E-state index is 6.57. The number of ether oxygens (including phenoxy) is 6. The molecule has 1 aromatic carbocycles. The second-order valence-electron chi connectivity index (χ2n) is 9.84. The first-order chi connectivity index (χ1) is 15.2. The molecule has 1 unspecified atom stereocenters. The fourth-order valence-corrected chi connectivity index (χ4v) is 6.03. The van der Waals surface area contributed by atoms with Crippen molar-refractivity contribution in [1.29, 1.82) is 0 Å². The van der Waals surface area contributed by atoms with Crippen LogP contribution in [0.1, 0.15) is 69.8 Å². The minimum atomic E-state index is -0.496. The molecule has 0 bridgehead atoms. The zero-order valence-corrected chi connectivity index (χ0v) is 18.2. The van der Waals surface area contributed by atoms with E-state index in [4.69, 9.17) is 28.4 Å². The van der Waals surface area contributed by atoms with Gasteiger partial charge >= 0.3 is 0 Å². The molecule has 31 heavy (non-hydrogen) atoms. The summed E-state index contributed by atoms with van der Waals surface area (Å²) in [6, 6.07) is 10.3. The van der Waals surface area contributed by atoms with E-state index in [2.05, 4.69) is 12.1 Å². The maximum atomic E-state index is 6.57. The quantitative estimate of drug-likeness (QED) is 0.704. The monoisotopic (exact) mass is 430 g/mol. The largest absolute Gasteiger partial charge is 0.368 e. The number of hydrogen-bond acceptors (Lipinski definition) is 6. The van der Waals surface area contributed by atoms with Crippen LogP contribution in [0.5, 0.6) is 0 Å². The highest BCUT2D eigenvalue weighted by atomic mass is 16.9. The van der Waals surface area contributed by atoms with Gasteiger partial charge in [0.2, 0.25) is 0 Å². The van der Waals surface area contributed by atoms with E-state index in [0.29, 0.717) is 13.2 Å². The van der Waals surface area contributed by atoms with Crippen LogP contribution in [0.2, 0.25) is 0 Å². The van der Waals surface area contributed by atoms with Crippen molar-refractivity contribution in [2.75, 3.05) is 6.61 Å². The van der Waals surface area contributed by atoms with Gasteiger partial charge in [-0.2, -0.15) is 0 Å². The van der Waals surface area contributed by atoms with Crippen LogP contribution in [0.25, 0.3) is 0 Å². The van der Waals surface area contributed by atoms with Gasteiger partial charge in [-0.3, -0.25) is 0 Å². The average Bonchev–Trinajstić information content (AvgIpc) is 3.46. The number of benzene rings is 1. The first-order valence-electron chi connectivity index (χ1n) is 12.2. The molecule has 0 radical (unpaired) electrons. The third-order valence-corrected chi connectivity index (χ3v) is 7.65. The molecule has 2 saturated carbocycles. The second-order valence-corrected chi connectivity index (χ2v) is 9.84. The van der Waals surface area contributed by atoms with Crippen molar-refractivity contribution >= 4 is 0 Å². The summed E-state index contributed by atoms with van der Waals surface area (Å²) in [5, 5.41) is 0. The molecule has 2 spiro atoms. The van der Waals surface area contributed by atoms with E-state index in [1.54, 1.807) is 0 Å². The lowest BCUT2D eigenvalue weighted by atomic mass is 9.94. The standard InChI is InChI=1S/C25H34O6/c1-4-10-18(11-5-1)16-26-21-20(19-17-27-24(29-19)12-6-2-7-13-24)28-23-22(21)30-25(31-23)14-8-3-9-15-25/h1,4-5,10-11,19-23H,2-3,6-9,12-17H2/t19?,20-,21+,22-,23-/m1/s1. The number of fused-ring (bicyclic) bond motifs is 1. The van der Waals surface area contributed by atoms with Crippen LogP contribution in [-0.4, -0.2) is 48.9 Å². The van der Waals surface area contributed by atoms with Crippen LogP contribution >= 0.6 is 0 Å². The van der Waals surface area contributed by atoms with Gasteiger partial charge in [0, 0.05) is 25.7 Å². The Morgan fingerprint density at radius 1 is 0.774 bits per heavy atom. The van der Waals surface area contributed by atoms with Crippen molar-refractivity contribution in [1.82, 2.24) is 0 Å². The Labute approximate surface area is 184 Å². The zero-order valence-electron chi connectivity index (χ0n) is 18.2. The topological polar surface area (TPSA) is 55.4 Å². The molecule has 170 valence electrons. The summed E-state index contributed by atoms with van der Waals surface area (Å²) in [5.74, 6) is -0.926. The van der Waals surface area contributed by atoms with Gasteiger partial charge in [0.15, 0.2) is 17.9 Å². The molecule has 3 aliphatic heterocycles. The second kappa shape index (κ2) is 8.40. The Balaban J connectivity index is 1.19. The normalized spacial score (nSPS) is 38.6. The Bertz CT molecular complexity index is 742. The van der Waals surface area contributed by atoms with Crippen LogP contribution in [0.3, 0.4) is 0 Å². The molecule has 5 fully saturated rings. The van der Waals surface area contributed by atoms with Gasteiger partial charge in [0.25, 0.3) is 0 Å². The summed E-state index contributed by atoms with van der Waals surface area (Å²) >= 11 is 0. The summed E-state index contributed by atoms with van der Waals surface area (Å²) in [7, 11) is 0. The highest BCUT2D eigenvalue weighted by Crippen LogP contribution is 2.48. The summed E-state index contributed by atoms with van der Waals surface area (Å²) in [6.45, 7) is 1.06. The molecule has 5 atom stereocenters. The van der Waals surface area contributed by atoms with E-state index in [1.165, 1.54) is 12.8 Å². The molecular weight excluding hydrogens is 396 g/mol. The Kier molecular flexibility index (Phi) is 5.57. The summed E-state index contributed by atoms with van der Waals surface area (Å²) in [6.07, 6.45) is 9.65. The van der Waals surface area contributed by atoms with E-state index >= 15 is 0 Å². The van der Waals surface area contributed by atoms with Gasteiger partial charge in [-0.1, -0.05) is 43.2 Å². The van der Waals surface area contributed by atoms with Crippen LogP contribution in [0, 0.1) is 0 Å². The van der Waals surface area contributed by atoms with E-state index in [-0.39, 0.29) is 24.4 Å². The number of rotatable bonds is 4. The third-order valence-electron chi connectivity index (χ3n) is 7.65. The van der Waals surface area contributed by atoms with Crippen molar-refractivity contribution in [3.8, 4) is 0 Å². The predicted molar refractivity (Wildman–Crippen MR) is 112 cm³/mol. The van der Waals surface area contributed by atoms with Gasteiger partial charge in [-0.15, -0.1) is 0 Å². The van der Waals surface area contributed by atoms with E-state index in [9.17, 15) is 0 Å². The van der Waals surface area contributed by atoms with Crippen molar-refractivity contribution in [3.05, 3.63) is 35.9 Å². The average molecular weight is 431 g/mol. The van der Waals surface area contributed by atoms with Gasteiger partial charge < -0.3 is 28.4 Å². The molecule has 6 nitrogen and oxygen atoms in total. The summed E-state index contributed by atoms with van der Waals surface area (Å²) in [4.78, 5) is 0. The van der Waals surface area contributed by atoms with Crippen molar-refractivity contribution in [2.24, 2.45) is 0 Å². The first kappa shape index (κ1) is 20.6. The molecule has 0 N–H and O–H groups in total. The molecule has 0 aromatic heterocycles. The summed E-state index contributed by atoms with van der Waals surface area (Å²) in [5.41, 5.74) is 1.14. The van der Waals surface area contributed by atoms with E-state index < -0.39 is 17.9 Å². The van der Waals surface area contributed by atoms with Crippen LogP contribution in [0.4, 0.5) is 0 Å². The Morgan fingerprint density at radius 3 is 2.23 bits per heavy atom. The first-order valence-corrected chi connectivity index (χ1v) is 12.2. The van der Waals surface area contributed by atoms with Crippen LogP contribution in [0.15, 0.2) is 30.3 Å². The van der Waals surface area contributed by atoms with Crippen molar-refractivity contribution < 1.29 is 28.4 Å². The third kappa shape index (κ3) is 3.96. The van der Waals surface area contributed by atoms with Crippen LogP contribution < -0.4 is 0 Å². The smallest absolute Gasteiger partial charge is 0.190 e. The summed E-state index contributed by atoms with van der Waals surface area (Å²) < 4.78 is 38.6. The lowest BCUT2D eigenvalue weighted by Crippen LogP contribution is -2.45. The highest BCUT2D eigenvalue weighted by molar-refractivity contribution is 5.14. The molecule has 0 amide bonds. The van der Waals surface area contributed by atoms with E-state index in [0.717, 1.165) is 56.9 Å². The van der Waals surface area contributed by atoms with Crippen LogP contribution in [-0.2, 0) is 35.0 Å². The van der Waals surface area contributed by atoms with Crippen molar-refractivity contribution in [2.45, 2.75) is 113 Å². The van der Waals surface area contributed by atoms with Gasteiger partial charge in [-0.05, 0) is 31.2 Å². The fourth-order valence-electron chi connectivity index (χ4n) is 6.03. The molecule has 1 aromatic rings. The predicted octanol–water partition coefficient (Wildman–Crippen LogP) is 4.45. The van der Waals surface area contributed by atoms with Gasteiger partial charge in [0.05, 0.1) is 13.2 Å². The lowest BCUT2D eigenvalue weighted by molar-refractivity contribution is -0.263. The Hall–Kier alpha value is -1.02. The van der Waals surface area contributed by atoms with Gasteiger partial charge in [-0.25, -0.2) is 0 Å². The maximum Gasteiger partial charge on any atom is 0.190 e. The minimum Gasteiger partial charge on any atom is -0.368 e. The minimum absolute atomic E-state index is 0.154. The lowest BCUT2D eigenvalue weighted by Gasteiger charge is -2.35. The van der Waals surface area contributed by atoms with E-state index in [1.807, 2.05) is 18.2 Å². The van der Waals surface area contributed by atoms with Crippen molar-refractivity contribution in [3.63, 3.8) is 0 Å². The Morgan fingerprint density at radius 2 is 1.48 bits per heavy atom. The SMILES string of the molecule is c1ccc(CO[C@@H]2[C@H]3OC4(CCCCC4)O[C@H]3O[C@@H]2C2COC3(CCCCC3)O2)cc1. The molecule has 6 heteroatoms. The highest BCUT2D eigenvalue weighted by Gasteiger charge is 2.61. The molecule has 3 saturated heterocycles. The van der Waals surface area contributed by atoms with Gasteiger partial charge in [0.1, 0.15) is 24.4 Å². The zero-order chi connectivity index (χ0) is 20.7. The molecular formula is C25H34O6. The molecule has 6 rings (SSSR count). The fraction of sp³-hybridized carbons (Fsp3) is 0.760. The molecule has 2 aliphatic carbocycles.